The zero-order valence-electron chi connectivity index (χ0n) is 5.56. The van der Waals surface area contributed by atoms with Crippen molar-refractivity contribution >= 4 is 39.7 Å². The first-order valence-corrected chi connectivity index (χ1v) is 4.37. The zero-order chi connectivity index (χ0) is 6.69. The molecule has 1 N–H and O–H groups in total. The van der Waals surface area contributed by atoms with Gasteiger partial charge in [0.1, 0.15) is 0 Å². The molecular weight excluding hydrogens is 233 g/mol. The van der Waals surface area contributed by atoms with Gasteiger partial charge in [-0.05, 0) is 40.0 Å². The maximum absolute atomic E-state index is 3.39. The Bertz CT molecular complexity index is 190. The van der Waals surface area contributed by atoms with Crippen LogP contribution in [0.25, 0.3) is 0 Å². The van der Waals surface area contributed by atoms with Crippen molar-refractivity contribution < 1.29 is 0 Å². The molecule has 0 bridgehead atoms. The van der Waals surface area contributed by atoms with Crippen molar-refractivity contribution in [1.82, 2.24) is 5.32 Å². The SMILES string of the molecule is CNCc1csc(Br)c1.Cl. The minimum absolute atomic E-state index is 0. The van der Waals surface area contributed by atoms with E-state index in [1.54, 1.807) is 11.3 Å². The monoisotopic (exact) mass is 241 g/mol. The van der Waals surface area contributed by atoms with Gasteiger partial charge in [-0.25, -0.2) is 0 Å². The maximum Gasteiger partial charge on any atom is 0.0701 e. The second kappa shape index (κ2) is 5.13. The largest absolute Gasteiger partial charge is 0.316 e. The number of rotatable bonds is 2. The molecule has 1 nitrogen and oxygen atoms in total. The third kappa shape index (κ3) is 3.01. The topological polar surface area (TPSA) is 12.0 Å². The quantitative estimate of drug-likeness (QED) is 0.841. The minimum atomic E-state index is 0. The van der Waals surface area contributed by atoms with E-state index in [9.17, 15) is 0 Å². The number of halogens is 2. The van der Waals surface area contributed by atoms with Crippen LogP contribution in [0.4, 0.5) is 0 Å². The zero-order valence-corrected chi connectivity index (χ0v) is 8.78. The van der Waals surface area contributed by atoms with Crippen molar-refractivity contribution in [2.24, 2.45) is 0 Å². The Morgan fingerprint density at radius 2 is 2.40 bits per heavy atom. The average Bonchev–Trinajstić information content (AvgIpc) is 2.17. The van der Waals surface area contributed by atoms with Crippen LogP contribution in [0.15, 0.2) is 15.2 Å². The summed E-state index contributed by atoms with van der Waals surface area (Å²) in [5, 5.41) is 5.22. The molecule has 0 fully saturated rings. The number of hydrogen-bond acceptors (Lipinski definition) is 2. The Balaban J connectivity index is 0.000000810. The van der Waals surface area contributed by atoms with Crippen molar-refractivity contribution in [2.45, 2.75) is 6.54 Å². The molecule has 1 rings (SSSR count). The van der Waals surface area contributed by atoms with Gasteiger partial charge in [0.05, 0.1) is 3.79 Å². The van der Waals surface area contributed by atoms with Gasteiger partial charge in [-0.15, -0.1) is 23.7 Å². The number of nitrogens with one attached hydrogen (secondary N) is 1. The van der Waals surface area contributed by atoms with Gasteiger partial charge in [0.25, 0.3) is 0 Å². The fourth-order valence-electron chi connectivity index (χ4n) is 0.643. The Morgan fingerprint density at radius 1 is 1.70 bits per heavy atom. The van der Waals surface area contributed by atoms with Crippen molar-refractivity contribution in [2.75, 3.05) is 7.05 Å². The molecule has 0 unspecified atom stereocenters. The Labute approximate surface area is 79.4 Å². The standard InChI is InChI=1S/C6H8BrNS.ClH/c1-8-3-5-2-6(7)9-4-5;/h2,4,8H,3H2,1H3;1H. The van der Waals surface area contributed by atoms with E-state index in [1.807, 2.05) is 7.05 Å². The summed E-state index contributed by atoms with van der Waals surface area (Å²) >= 11 is 5.11. The van der Waals surface area contributed by atoms with Crippen molar-refractivity contribution in [1.29, 1.82) is 0 Å². The summed E-state index contributed by atoms with van der Waals surface area (Å²) in [7, 11) is 1.95. The summed E-state index contributed by atoms with van der Waals surface area (Å²) < 4.78 is 1.20. The van der Waals surface area contributed by atoms with E-state index in [4.69, 9.17) is 0 Å². The van der Waals surface area contributed by atoms with E-state index in [0.717, 1.165) is 6.54 Å². The van der Waals surface area contributed by atoms with E-state index >= 15 is 0 Å². The molecule has 0 radical (unpaired) electrons. The van der Waals surface area contributed by atoms with E-state index in [0.29, 0.717) is 0 Å². The normalized spacial score (nSPS) is 9.00. The lowest BCUT2D eigenvalue weighted by molar-refractivity contribution is 0.821. The predicted octanol–water partition coefficient (Wildman–Crippen LogP) is 2.65. The molecule has 0 aliphatic rings. The van der Waals surface area contributed by atoms with Crippen LogP contribution in [-0.4, -0.2) is 7.05 Å². The van der Waals surface area contributed by atoms with Gasteiger partial charge >= 0.3 is 0 Å². The molecule has 0 aromatic carbocycles. The van der Waals surface area contributed by atoms with Crippen LogP contribution in [0.5, 0.6) is 0 Å². The van der Waals surface area contributed by atoms with Crippen LogP contribution in [-0.2, 0) is 6.54 Å². The van der Waals surface area contributed by atoms with Gasteiger partial charge in [-0.2, -0.15) is 0 Å². The van der Waals surface area contributed by atoms with Gasteiger partial charge < -0.3 is 5.32 Å². The predicted molar refractivity (Wildman–Crippen MR) is 52.0 cm³/mol. The third-order valence-electron chi connectivity index (χ3n) is 1.00. The highest BCUT2D eigenvalue weighted by atomic mass is 79.9. The minimum Gasteiger partial charge on any atom is -0.316 e. The molecule has 0 atom stereocenters. The highest BCUT2D eigenvalue weighted by Crippen LogP contribution is 2.20. The number of thiophene rings is 1. The van der Waals surface area contributed by atoms with Crippen LogP contribution in [0.1, 0.15) is 5.56 Å². The average molecular weight is 243 g/mol. The van der Waals surface area contributed by atoms with E-state index in [-0.39, 0.29) is 12.4 Å². The smallest absolute Gasteiger partial charge is 0.0701 e. The molecule has 0 saturated heterocycles. The van der Waals surface area contributed by atoms with Crippen LogP contribution < -0.4 is 5.32 Å². The Morgan fingerprint density at radius 3 is 2.80 bits per heavy atom. The molecule has 0 aliphatic heterocycles. The van der Waals surface area contributed by atoms with Gasteiger partial charge in [0.15, 0.2) is 0 Å². The molecule has 4 heteroatoms. The molecule has 0 saturated carbocycles. The van der Waals surface area contributed by atoms with Crippen LogP contribution in [0, 0.1) is 0 Å². The molecule has 10 heavy (non-hydrogen) atoms. The lowest BCUT2D eigenvalue weighted by atomic mass is 10.3. The van der Waals surface area contributed by atoms with E-state index in [1.165, 1.54) is 9.35 Å². The molecule has 1 aromatic heterocycles. The van der Waals surface area contributed by atoms with Crippen LogP contribution >= 0.6 is 39.7 Å². The van der Waals surface area contributed by atoms with E-state index < -0.39 is 0 Å². The summed E-state index contributed by atoms with van der Waals surface area (Å²) in [5.41, 5.74) is 1.34. The molecule has 0 aliphatic carbocycles. The van der Waals surface area contributed by atoms with Gasteiger partial charge in [-0.3, -0.25) is 0 Å². The molecule has 0 amide bonds. The second-order valence-electron chi connectivity index (χ2n) is 1.79. The van der Waals surface area contributed by atoms with Crippen LogP contribution in [0.3, 0.4) is 0 Å². The second-order valence-corrected chi connectivity index (χ2v) is 4.08. The summed E-state index contributed by atoms with van der Waals surface area (Å²) in [6.07, 6.45) is 0. The highest BCUT2D eigenvalue weighted by molar-refractivity contribution is 9.11. The van der Waals surface area contributed by atoms with Gasteiger partial charge in [-0.1, -0.05) is 0 Å². The first kappa shape index (κ1) is 10.4. The van der Waals surface area contributed by atoms with E-state index in [2.05, 4.69) is 32.7 Å². The van der Waals surface area contributed by atoms with Crippen LogP contribution in [0.2, 0.25) is 0 Å². The Hall–Kier alpha value is 0.430. The van der Waals surface area contributed by atoms with Gasteiger partial charge in [0, 0.05) is 6.54 Å². The van der Waals surface area contributed by atoms with Crippen molar-refractivity contribution in [3.63, 3.8) is 0 Å². The number of hydrogen-bond donors (Lipinski definition) is 1. The summed E-state index contributed by atoms with van der Waals surface area (Å²) in [4.78, 5) is 0. The summed E-state index contributed by atoms with van der Waals surface area (Å²) in [6.45, 7) is 0.960. The summed E-state index contributed by atoms with van der Waals surface area (Å²) in [5.74, 6) is 0. The van der Waals surface area contributed by atoms with Crippen molar-refractivity contribution in [3.05, 3.63) is 20.8 Å². The molecule has 1 heterocycles. The molecule has 58 valence electrons. The van der Waals surface area contributed by atoms with Crippen molar-refractivity contribution in [3.8, 4) is 0 Å². The lowest BCUT2D eigenvalue weighted by Gasteiger charge is -1.90. The Kier molecular flexibility index (Phi) is 5.35. The van der Waals surface area contributed by atoms with Gasteiger partial charge in [0.2, 0.25) is 0 Å². The molecule has 0 spiro atoms. The maximum atomic E-state index is 3.39. The highest BCUT2D eigenvalue weighted by Gasteiger charge is 1.92. The summed E-state index contributed by atoms with van der Waals surface area (Å²) in [6, 6.07) is 2.13. The molecular formula is C6H9BrClNS. The third-order valence-corrected chi connectivity index (χ3v) is 2.56. The fraction of sp³-hybridized carbons (Fsp3) is 0.333. The first-order chi connectivity index (χ1) is 4.33. The first-order valence-electron chi connectivity index (χ1n) is 2.70. The molecule has 1 aromatic rings. The fourth-order valence-corrected chi connectivity index (χ4v) is 1.85. The lowest BCUT2D eigenvalue weighted by Crippen LogP contribution is -2.03.